The number of carbonyl (C=O) groups is 3. The fraction of sp³-hybridized carbons (Fsp3) is 0.417. The maximum atomic E-state index is 11.6. The first-order chi connectivity index (χ1) is 9.13. The van der Waals surface area contributed by atoms with Gasteiger partial charge in [0.05, 0.1) is 6.54 Å². The normalized spacial score (nSPS) is 10.9. The van der Waals surface area contributed by atoms with Crippen LogP contribution in [0.5, 0.6) is 0 Å². The Kier molecular flexibility index (Phi) is 4.38. The highest BCUT2D eigenvalue weighted by Crippen LogP contribution is 2.14. The van der Waals surface area contributed by atoms with Crippen molar-refractivity contribution in [3.05, 3.63) is 23.2 Å². The topological polar surface area (TPSA) is 135 Å². The molecule has 110 valence electrons. The summed E-state index contributed by atoms with van der Waals surface area (Å²) in [5.74, 6) is -1.22. The fourth-order valence-electron chi connectivity index (χ4n) is 1.40. The van der Waals surface area contributed by atoms with Crippen molar-refractivity contribution >= 4 is 17.9 Å². The number of primary amides is 1. The van der Waals surface area contributed by atoms with E-state index in [1.165, 1.54) is 26.8 Å². The third-order valence-corrected chi connectivity index (χ3v) is 2.66. The van der Waals surface area contributed by atoms with Crippen LogP contribution in [0.4, 0.5) is 4.79 Å². The molecule has 0 saturated heterocycles. The molecule has 0 unspecified atom stereocenters. The van der Waals surface area contributed by atoms with Crippen LogP contribution in [0.1, 0.15) is 35.7 Å². The van der Waals surface area contributed by atoms with Gasteiger partial charge in [-0.25, -0.2) is 9.59 Å². The quantitative estimate of drug-likeness (QED) is 0.618. The number of aromatic carboxylic acids is 1. The summed E-state index contributed by atoms with van der Waals surface area (Å²) < 4.78 is 5.19. The minimum absolute atomic E-state index is 0.00516. The van der Waals surface area contributed by atoms with Crippen molar-refractivity contribution < 1.29 is 23.9 Å². The van der Waals surface area contributed by atoms with Gasteiger partial charge in [0, 0.05) is 0 Å². The smallest absolute Gasteiger partial charge is 0.339 e. The van der Waals surface area contributed by atoms with E-state index in [2.05, 4.69) is 10.6 Å². The van der Waals surface area contributed by atoms with Crippen LogP contribution >= 0.6 is 0 Å². The number of furan rings is 1. The van der Waals surface area contributed by atoms with E-state index in [0.29, 0.717) is 5.76 Å². The molecule has 0 bridgehead atoms. The summed E-state index contributed by atoms with van der Waals surface area (Å²) in [5, 5.41) is 13.7. The monoisotopic (exact) mass is 283 g/mol. The number of carboxylic acid groups (broad SMARTS) is 1. The largest absolute Gasteiger partial charge is 0.478 e. The first-order valence-corrected chi connectivity index (χ1v) is 5.82. The van der Waals surface area contributed by atoms with E-state index in [4.69, 9.17) is 15.3 Å². The number of amides is 3. The number of nitrogens with one attached hydrogen (secondary N) is 2. The average Bonchev–Trinajstić information content (AvgIpc) is 2.67. The molecule has 1 aromatic heterocycles. The number of nitrogens with two attached hydrogens (primary N) is 1. The maximum Gasteiger partial charge on any atom is 0.339 e. The average molecular weight is 283 g/mol. The number of aryl methyl sites for hydroxylation is 1. The number of urea groups is 1. The molecule has 1 heterocycles. The molecule has 0 aliphatic heterocycles. The third kappa shape index (κ3) is 3.74. The second-order valence-electron chi connectivity index (χ2n) is 4.78. The first-order valence-electron chi connectivity index (χ1n) is 5.82. The molecule has 1 rings (SSSR count). The molecule has 0 aromatic carbocycles. The number of hydrogen-bond donors (Lipinski definition) is 4. The molecule has 0 aliphatic carbocycles. The van der Waals surface area contributed by atoms with Gasteiger partial charge in [-0.05, 0) is 26.8 Å². The second kappa shape index (κ2) is 5.64. The van der Waals surface area contributed by atoms with Crippen LogP contribution in [0, 0.1) is 6.92 Å². The van der Waals surface area contributed by atoms with Crippen molar-refractivity contribution in [1.29, 1.82) is 0 Å². The number of rotatable bonds is 5. The highest BCUT2D eigenvalue weighted by atomic mass is 16.4. The fourth-order valence-corrected chi connectivity index (χ4v) is 1.40. The van der Waals surface area contributed by atoms with Gasteiger partial charge in [0.2, 0.25) is 5.91 Å². The summed E-state index contributed by atoms with van der Waals surface area (Å²) in [6.45, 7) is 4.45. The van der Waals surface area contributed by atoms with E-state index in [1.54, 1.807) is 0 Å². The number of hydrogen-bond acceptors (Lipinski definition) is 4. The Morgan fingerprint density at radius 3 is 2.45 bits per heavy atom. The molecule has 0 atom stereocenters. The molecule has 0 aliphatic rings. The summed E-state index contributed by atoms with van der Waals surface area (Å²) >= 11 is 0. The zero-order chi connectivity index (χ0) is 15.5. The van der Waals surface area contributed by atoms with Gasteiger partial charge in [0.15, 0.2) is 0 Å². The lowest BCUT2D eigenvalue weighted by Crippen LogP contribution is -2.55. The minimum Gasteiger partial charge on any atom is -0.478 e. The van der Waals surface area contributed by atoms with Gasteiger partial charge in [-0.2, -0.15) is 0 Å². The van der Waals surface area contributed by atoms with Gasteiger partial charge >= 0.3 is 12.0 Å². The molecule has 0 saturated carbocycles. The lowest BCUT2D eigenvalue weighted by atomic mass is 10.1. The molecular weight excluding hydrogens is 266 g/mol. The maximum absolute atomic E-state index is 11.6. The van der Waals surface area contributed by atoms with Gasteiger partial charge in [0.1, 0.15) is 22.6 Å². The lowest BCUT2D eigenvalue weighted by molar-refractivity contribution is -0.122. The molecule has 8 nitrogen and oxygen atoms in total. The van der Waals surface area contributed by atoms with Crippen LogP contribution in [0.3, 0.4) is 0 Å². The molecule has 8 heteroatoms. The standard InChI is InChI=1S/C12H17N3O5/c1-6-8(9(16)17)4-7(20-6)5-14-11(19)15-12(2,3)10(13)18/h4H,5H2,1-3H3,(H2,13,18)(H,16,17)(H2,14,15,19). The van der Waals surface area contributed by atoms with E-state index in [-0.39, 0.29) is 17.9 Å². The highest BCUT2D eigenvalue weighted by Gasteiger charge is 2.26. The van der Waals surface area contributed by atoms with Crippen molar-refractivity contribution in [2.24, 2.45) is 5.73 Å². The number of carboxylic acids is 1. The predicted molar refractivity (Wildman–Crippen MR) is 69.0 cm³/mol. The third-order valence-electron chi connectivity index (χ3n) is 2.66. The Bertz CT molecular complexity index is 547. The van der Waals surface area contributed by atoms with Crippen molar-refractivity contribution in [2.45, 2.75) is 32.9 Å². The van der Waals surface area contributed by atoms with Gasteiger partial charge < -0.3 is 25.9 Å². The summed E-state index contributed by atoms with van der Waals surface area (Å²) in [4.78, 5) is 33.4. The van der Waals surface area contributed by atoms with E-state index in [9.17, 15) is 14.4 Å². The molecule has 5 N–H and O–H groups in total. The Morgan fingerprint density at radius 1 is 1.40 bits per heavy atom. The Labute approximate surface area is 115 Å². The van der Waals surface area contributed by atoms with Crippen LogP contribution in [-0.2, 0) is 11.3 Å². The first kappa shape index (κ1) is 15.5. The summed E-state index contributed by atoms with van der Waals surface area (Å²) in [5.41, 5.74) is 3.97. The Balaban J connectivity index is 2.60. The molecule has 20 heavy (non-hydrogen) atoms. The summed E-state index contributed by atoms with van der Waals surface area (Å²) in [7, 11) is 0. The lowest BCUT2D eigenvalue weighted by Gasteiger charge is -2.22. The Hall–Kier alpha value is -2.51. The molecular formula is C12H17N3O5. The van der Waals surface area contributed by atoms with Crippen LogP contribution in [0.15, 0.2) is 10.5 Å². The van der Waals surface area contributed by atoms with Crippen LogP contribution in [-0.4, -0.2) is 28.6 Å². The van der Waals surface area contributed by atoms with Crippen molar-refractivity contribution in [3.8, 4) is 0 Å². The molecule has 0 spiro atoms. The SMILES string of the molecule is Cc1oc(CNC(=O)NC(C)(C)C(N)=O)cc1C(=O)O. The molecule has 1 aromatic rings. The predicted octanol–water partition coefficient (Wildman–Crippen LogP) is 0.349. The molecule has 3 amide bonds. The van der Waals surface area contributed by atoms with Gasteiger partial charge in [-0.1, -0.05) is 0 Å². The molecule has 0 radical (unpaired) electrons. The summed E-state index contributed by atoms with van der Waals surface area (Å²) in [6, 6.07) is 0.719. The van der Waals surface area contributed by atoms with E-state index < -0.39 is 23.4 Å². The van der Waals surface area contributed by atoms with Crippen LogP contribution in [0.2, 0.25) is 0 Å². The van der Waals surface area contributed by atoms with Crippen molar-refractivity contribution in [2.75, 3.05) is 0 Å². The van der Waals surface area contributed by atoms with Crippen LogP contribution < -0.4 is 16.4 Å². The zero-order valence-electron chi connectivity index (χ0n) is 11.4. The van der Waals surface area contributed by atoms with E-state index in [1.807, 2.05) is 0 Å². The van der Waals surface area contributed by atoms with E-state index in [0.717, 1.165) is 0 Å². The highest BCUT2D eigenvalue weighted by molar-refractivity contribution is 5.89. The van der Waals surface area contributed by atoms with Crippen LogP contribution in [0.25, 0.3) is 0 Å². The number of carbonyl (C=O) groups excluding carboxylic acids is 2. The molecule has 0 fully saturated rings. The van der Waals surface area contributed by atoms with Crippen molar-refractivity contribution in [3.63, 3.8) is 0 Å². The minimum atomic E-state index is -1.19. The van der Waals surface area contributed by atoms with Gasteiger partial charge in [0.25, 0.3) is 0 Å². The second-order valence-corrected chi connectivity index (χ2v) is 4.78. The van der Waals surface area contributed by atoms with Crippen molar-refractivity contribution in [1.82, 2.24) is 10.6 Å². The summed E-state index contributed by atoms with van der Waals surface area (Å²) in [6.07, 6.45) is 0. The Morgan fingerprint density at radius 2 is 2.00 bits per heavy atom. The van der Waals surface area contributed by atoms with E-state index >= 15 is 0 Å². The van der Waals surface area contributed by atoms with Gasteiger partial charge in [-0.15, -0.1) is 0 Å². The van der Waals surface area contributed by atoms with Gasteiger partial charge in [-0.3, -0.25) is 4.79 Å². The zero-order valence-corrected chi connectivity index (χ0v) is 11.4.